The molecule has 3 heterocycles. The van der Waals surface area contributed by atoms with Gasteiger partial charge in [-0.15, -0.1) is 0 Å². The minimum atomic E-state index is -0.768. The van der Waals surface area contributed by atoms with Crippen LogP contribution in [-0.2, 0) is 16.1 Å². The molecule has 0 N–H and O–H groups in total. The van der Waals surface area contributed by atoms with Crippen LogP contribution in [0.15, 0.2) is 81.7 Å². The number of allylic oxidation sites excluding steroid dienone is 1. The van der Waals surface area contributed by atoms with Gasteiger partial charge in [0.1, 0.15) is 12.4 Å². The topological polar surface area (TPSA) is 88.4 Å². The van der Waals surface area contributed by atoms with Crippen molar-refractivity contribution in [1.29, 1.82) is 0 Å². The Kier molecular flexibility index (Phi) is 7.81. The summed E-state index contributed by atoms with van der Waals surface area (Å²) in [5.41, 5.74) is 2.62. The SMILES string of the molecule is CCOC(=O)C1=C(C)N=c2s/c(=C\c3ccccc3OCc3ccc(Cl)cc3Cl)c(=O)n2[C@H]1c1ccc2c(c1)OCO2. The van der Waals surface area contributed by atoms with E-state index in [2.05, 4.69) is 4.99 Å². The standard InChI is InChI=1S/C31H24Cl2N2O6S/c1-3-38-30(37)27-17(2)34-31-35(28(27)19-9-11-24-25(12-19)41-16-40-24)29(36)26(42-31)13-18-6-4-5-7-23(18)39-15-20-8-10-21(32)14-22(20)33/h4-14,28H,3,15-16H2,1-2H3/b26-13-/t28-/m0/s1. The molecule has 0 saturated heterocycles. The van der Waals surface area contributed by atoms with Crippen molar-refractivity contribution in [2.75, 3.05) is 13.4 Å². The number of fused-ring (bicyclic) bond motifs is 2. The number of thiazole rings is 1. The summed E-state index contributed by atoms with van der Waals surface area (Å²) < 4.78 is 24.5. The van der Waals surface area contributed by atoms with Gasteiger partial charge in [-0.25, -0.2) is 9.79 Å². The van der Waals surface area contributed by atoms with Crippen LogP contribution in [0.1, 0.15) is 36.6 Å². The van der Waals surface area contributed by atoms with E-state index in [1.807, 2.05) is 36.4 Å². The number of hydrogen-bond donors (Lipinski definition) is 0. The van der Waals surface area contributed by atoms with Crippen LogP contribution in [0.5, 0.6) is 17.2 Å². The monoisotopic (exact) mass is 622 g/mol. The molecular weight excluding hydrogens is 599 g/mol. The maximum atomic E-state index is 14.0. The van der Waals surface area contributed by atoms with Gasteiger partial charge in [0.25, 0.3) is 5.56 Å². The fourth-order valence-corrected chi connectivity index (χ4v) is 6.36. The third kappa shape index (κ3) is 5.31. The second kappa shape index (κ2) is 11.7. The van der Waals surface area contributed by atoms with Gasteiger partial charge in [0.05, 0.1) is 28.5 Å². The lowest BCUT2D eigenvalue weighted by molar-refractivity contribution is -0.139. The third-order valence-electron chi connectivity index (χ3n) is 6.83. The molecule has 1 aromatic heterocycles. The highest BCUT2D eigenvalue weighted by Gasteiger charge is 2.34. The fourth-order valence-electron chi connectivity index (χ4n) is 4.86. The van der Waals surface area contributed by atoms with Crippen LogP contribution in [-0.4, -0.2) is 23.9 Å². The zero-order valence-corrected chi connectivity index (χ0v) is 24.9. The summed E-state index contributed by atoms with van der Waals surface area (Å²) in [6.07, 6.45) is 1.77. The van der Waals surface area contributed by atoms with Gasteiger partial charge in [-0.05, 0) is 55.8 Å². The van der Waals surface area contributed by atoms with E-state index in [1.54, 1.807) is 44.2 Å². The highest BCUT2D eigenvalue weighted by atomic mass is 35.5. The van der Waals surface area contributed by atoms with Crippen molar-refractivity contribution in [3.05, 3.63) is 118 Å². The fraction of sp³-hybridized carbons (Fsp3) is 0.194. The molecule has 0 bridgehead atoms. The highest BCUT2D eigenvalue weighted by Crippen LogP contribution is 2.38. The van der Waals surface area contributed by atoms with E-state index in [0.717, 1.165) is 5.56 Å². The van der Waals surface area contributed by atoms with Crippen LogP contribution < -0.4 is 29.1 Å². The Hall–Kier alpha value is -4.05. The van der Waals surface area contributed by atoms with Gasteiger partial charge in [0.15, 0.2) is 16.3 Å². The molecule has 0 aliphatic carbocycles. The Morgan fingerprint density at radius 3 is 2.74 bits per heavy atom. The molecule has 3 aromatic carbocycles. The van der Waals surface area contributed by atoms with Gasteiger partial charge in [-0.1, -0.05) is 64.9 Å². The number of carbonyl (C=O) groups excluding carboxylic acids is 1. The maximum Gasteiger partial charge on any atom is 0.338 e. The van der Waals surface area contributed by atoms with Crippen LogP contribution in [0.4, 0.5) is 0 Å². The van der Waals surface area contributed by atoms with Crippen molar-refractivity contribution >= 4 is 46.6 Å². The summed E-state index contributed by atoms with van der Waals surface area (Å²) in [5, 5.41) is 1.05. The van der Waals surface area contributed by atoms with E-state index >= 15 is 0 Å². The Labute approximate surface area is 254 Å². The van der Waals surface area contributed by atoms with E-state index in [9.17, 15) is 9.59 Å². The molecule has 0 fully saturated rings. The van der Waals surface area contributed by atoms with Crippen LogP contribution in [0.3, 0.4) is 0 Å². The van der Waals surface area contributed by atoms with Crippen molar-refractivity contribution in [1.82, 2.24) is 4.57 Å². The average Bonchev–Trinajstić information content (AvgIpc) is 3.56. The van der Waals surface area contributed by atoms with E-state index in [-0.39, 0.29) is 25.6 Å². The number of ether oxygens (including phenoxy) is 4. The molecule has 0 spiro atoms. The van der Waals surface area contributed by atoms with E-state index in [4.69, 9.17) is 42.1 Å². The predicted octanol–water partition coefficient (Wildman–Crippen LogP) is 5.41. The normalized spacial score (nSPS) is 15.8. The smallest absolute Gasteiger partial charge is 0.338 e. The Bertz CT molecular complexity index is 1930. The minimum Gasteiger partial charge on any atom is -0.488 e. The summed E-state index contributed by atoms with van der Waals surface area (Å²) in [5.74, 6) is 1.18. The third-order valence-corrected chi connectivity index (χ3v) is 8.40. The summed E-state index contributed by atoms with van der Waals surface area (Å²) in [4.78, 5) is 32.3. The van der Waals surface area contributed by atoms with Gasteiger partial charge >= 0.3 is 5.97 Å². The number of aromatic nitrogens is 1. The van der Waals surface area contributed by atoms with Gasteiger partial charge in [0, 0.05) is 21.2 Å². The number of benzene rings is 3. The number of esters is 1. The number of carbonyl (C=O) groups is 1. The number of halogens is 2. The van der Waals surface area contributed by atoms with Gasteiger partial charge in [0.2, 0.25) is 6.79 Å². The zero-order valence-electron chi connectivity index (χ0n) is 22.6. The van der Waals surface area contributed by atoms with Crippen LogP contribution >= 0.6 is 34.5 Å². The van der Waals surface area contributed by atoms with Crippen LogP contribution in [0.2, 0.25) is 10.0 Å². The minimum absolute atomic E-state index is 0.104. The Balaban J connectivity index is 1.43. The van der Waals surface area contributed by atoms with Gasteiger partial charge < -0.3 is 18.9 Å². The van der Waals surface area contributed by atoms with Gasteiger partial charge in [-0.3, -0.25) is 9.36 Å². The van der Waals surface area contributed by atoms with Crippen LogP contribution in [0.25, 0.3) is 6.08 Å². The largest absolute Gasteiger partial charge is 0.488 e. The average molecular weight is 624 g/mol. The first-order valence-electron chi connectivity index (χ1n) is 13.1. The molecule has 2 aliphatic rings. The molecule has 6 rings (SSSR count). The van der Waals surface area contributed by atoms with Crippen LogP contribution in [0, 0.1) is 0 Å². The van der Waals surface area contributed by atoms with Crippen molar-refractivity contribution in [3.63, 3.8) is 0 Å². The number of para-hydroxylation sites is 1. The second-order valence-corrected chi connectivity index (χ2v) is 11.3. The van der Waals surface area contributed by atoms with Gasteiger partial charge in [-0.2, -0.15) is 0 Å². The predicted molar refractivity (Wildman–Crippen MR) is 160 cm³/mol. The Morgan fingerprint density at radius 1 is 1.12 bits per heavy atom. The molecular formula is C31H24Cl2N2O6S. The van der Waals surface area contributed by atoms with Crippen molar-refractivity contribution in [3.8, 4) is 17.2 Å². The molecule has 4 aromatic rings. The first-order valence-corrected chi connectivity index (χ1v) is 14.7. The lowest BCUT2D eigenvalue weighted by Gasteiger charge is -2.24. The molecule has 214 valence electrons. The lowest BCUT2D eigenvalue weighted by Crippen LogP contribution is -2.39. The van der Waals surface area contributed by atoms with Crippen molar-refractivity contribution in [2.24, 2.45) is 4.99 Å². The second-order valence-electron chi connectivity index (χ2n) is 9.48. The summed E-state index contributed by atoms with van der Waals surface area (Å²) in [6.45, 7) is 3.99. The zero-order chi connectivity index (χ0) is 29.4. The van der Waals surface area contributed by atoms with E-state index in [1.165, 1.54) is 15.9 Å². The number of rotatable bonds is 7. The molecule has 1 atom stereocenters. The lowest BCUT2D eigenvalue weighted by atomic mass is 9.95. The highest BCUT2D eigenvalue weighted by molar-refractivity contribution is 7.07. The molecule has 11 heteroatoms. The van der Waals surface area contributed by atoms with E-state index < -0.39 is 12.0 Å². The van der Waals surface area contributed by atoms with E-state index in [0.29, 0.717) is 59.0 Å². The summed E-state index contributed by atoms with van der Waals surface area (Å²) in [6, 6.07) is 17.2. The quantitative estimate of drug-likeness (QED) is 0.256. The first-order chi connectivity index (χ1) is 20.3. The molecule has 0 amide bonds. The summed E-state index contributed by atoms with van der Waals surface area (Å²) in [7, 11) is 0. The molecule has 2 aliphatic heterocycles. The van der Waals surface area contributed by atoms with Crippen molar-refractivity contribution in [2.45, 2.75) is 26.5 Å². The maximum absolute atomic E-state index is 14.0. The molecule has 0 saturated carbocycles. The molecule has 0 radical (unpaired) electrons. The molecule has 8 nitrogen and oxygen atoms in total. The summed E-state index contributed by atoms with van der Waals surface area (Å²) >= 11 is 13.6. The number of hydrogen-bond acceptors (Lipinski definition) is 8. The Morgan fingerprint density at radius 2 is 1.93 bits per heavy atom. The molecule has 0 unspecified atom stereocenters. The van der Waals surface area contributed by atoms with Crippen molar-refractivity contribution < 1.29 is 23.7 Å². The first kappa shape index (κ1) is 28.1. The molecule has 42 heavy (non-hydrogen) atoms. The number of nitrogens with zero attached hydrogens (tertiary/aromatic N) is 2.